The number of ether oxygens (including phenoxy) is 1. The fourth-order valence-electron chi connectivity index (χ4n) is 2.16. The summed E-state index contributed by atoms with van der Waals surface area (Å²) in [6, 6.07) is 2.09. The number of methoxy groups -OCH3 is 1. The third-order valence-electron chi connectivity index (χ3n) is 3.56. The number of carbonyl (C=O) groups is 1. The zero-order chi connectivity index (χ0) is 14.6. The Hall–Kier alpha value is -1.71. The summed E-state index contributed by atoms with van der Waals surface area (Å²) in [4.78, 5) is 11.0. The van der Waals surface area contributed by atoms with Gasteiger partial charge in [0, 0.05) is 6.54 Å². The molecule has 0 aromatic heterocycles. The average Bonchev–Trinajstić information content (AvgIpc) is 2.35. The average molecular weight is 265 g/mol. The minimum atomic E-state index is -0.768. The highest BCUT2D eigenvalue weighted by molar-refractivity contribution is 5.72. The van der Waals surface area contributed by atoms with Crippen LogP contribution >= 0.6 is 0 Å². The van der Waals surface area contributed by atoms with Crippen LogP contribution in [0.3, 0.4) is 0 Å². The standard InChI is InChI=1S/C15H23NO3/c1-6-12(15(17)18)8-16-13-10(3)7-9(2)11(4)14(13)19-5/h7,12,16H,6,8H2,1-5H3,(H,17,18). The Bertz CT molecular complexity index is 469. The molecule has 4 nitrogen and oxygen atoms in total. The fourth-order valence-corrected chi connectivity index (χ4v) is 2.16. The number of benzene rings is 1. The van der Waals surface area contributed by atoms with Gasteiger partial charge in [0.2, 0.25) is 0 Å². The molecule has 1 unspecified atom stereocenters. The van der Waals surface area contributed by atoms with E-state index in [1.54, 1.807) is 7.11 Å². The minimum absolute atomic E-state index is 0.384. The van der Waals surface area contributed by atoms with Crippen LogP contribution in [0.5, 0.6) is 5.75 Å². The first-order valence-corrected chi connectivity index (χ1v) is 6.53. The van der Waals surface area contributed by atoms with Crippen LogP contribution in [0.2, 0.25) is 0 Å². The normalized spacial score (nSPS) is 12.1. The Morgan fingerprint density at radius 1 is 1.37 bits per heavy atom. The van der Waals surface area contributed by atoms with E-state index < -0.39 is 5.97 Å². The molecule has 106 valence electrons. The summed E-state index contributed by atoms with van der Waals surface area (Å²) in [7, 11) is 1.64. The summed E-state index contributed by atoms with van der Waals surface area (Å²) < 4.78 is 5.45. The third-order valence-corrected chi connectivity index (χ3v) is 3.56. The number of hydrogen-bond acceptors (Lipinski definition) is 3. The topological polar surface area (TPSA) is 58.6 Å². The van der Waals surface area contributed by atoms with Crippen molar-refractivity contribution in [3.05, 3.63) is 22.8 Å². The molecule has 19 heavy (non-hydrogen) atoms. The molecule has 1 atom stereocenters. The van der Waals surface area contributed by atoms with E-state index in [1.165, 1.54) is 5.56 Å². The summed E-state index contributed by atoms with van der Waals surface area (Å²) in [6.45, 7) is 8.34. The molecule has 1 rings (SSSR count). The van der Waals surface area contributed by atoms with Gasteiger partial charge in [-0.05, 0) is 43.9 Å². The Morgan fingerprint density at radius 3 is 2.47 bits per heavy atom. The quantitative estimate of drug-likeness (QED) is 0.829. The van der Waals surface area contributed by atoms with E-state index >= 15 is 0 Å². The smallest absolute Gasteiger partial charge is 0.308 e. The van der Waals surface area contributed by atoms with Crippen LogP contribution in [0.25, 0.3) is 0 Å². The molecular weight excluding hydrogens is 242 g/mol. The summed E-state index contributed by atoms with van der Waals surface area (Å²) in [6.07, 6.45) is 0.606. The zero-order valence-electron chi connectivity index (χ0n) is 12.3. The van der Waals surface area contributed by atoms with Crippen LogP contribution in [0.1, 0.15) is 30.0 Å². The van der Waals surface area contributed by atoms with Gasteiger partial charge in [-0.2, -0.15) is 0 Å². The number of nitrogens with one attached hydrogen (secondary N) is 1. The van der Waals surface area contributed by atoms with Crippen LogP contribution in [0.15, 0.2) is 6.07 Å². The number of hydrogen-bond donors (Lipinski definition) is 2. The predicted octanol–water partition coefficient (Wildman–Crippen LogP) is 3.14. The number of rotatable bonds is 6. The third kappa shape index (κ3) is 3.40. The largest absolute Gasteiger partial charge is 0.494 e. The van der Waals surface area contributed by atoms with Crippen molar-refractivity contribution in [2.45, 2.75) is 34.1 Å². The Labute approximate surface area is 114 Å². The van der Waals surface area contributed by atoms with Crippen LogP contribution in [-0.2, 0) is 4.79 Å². The fraction of sp³-hybridized carbons (Fsp3) is 0.533. The molecule has 0 saturated heterocycles. The van der Waals surface area contributed by atoms with Gasteiger partial charge in [-0.1, -0.05) is 13.0 Å². The lowest BCUT2D eigenvalue weighted by molar-refractivity contribution is -0.141. The Kier molecular flexibility index (Phi) is 5.21. The summed E-state index contributed by atoms with van der Waals surface area (Å²) in [5.74, 6) is -0.348. The van der Waals surface area contributed by atoms with E-state index in [4.69, 9.17) is 9.84 Å². The van der Waals surface area contributed by atoms with Crippen LogP contribution in [-0.4, -0.2) is 24.7 Å². The molecule has 4 heteroatoms. The van der Waals surface area contributed by atoms with Crippen LogP contribution in [0.4, 0.5) is 5.69 Å². The van der Waals surface area contributed by atoms with E-state index in [1.807, 2.05) is 27.7 Å². The second-order valence-corrected chi connectivity index (χ2v) is 4.87. The van der Waals surface area contributed by atoms with Crippen molar-refractivity contribution in [2.24, 2.45) is 5.92 Å². The summed E-state index contributed by atoms with van der Waals surface area (Å²) in [5.41, 5.74) is 4.22. The maximum Gasteiger partial charge on any atom is 0.308 e. The molecule has 0 spiro atoms. The van der Waals surface area contributed by atoms with E-state index in [0.29, 0.717) is 13.0 Å². The summed E-state index contributed by atoms with van der Waals surface area (Å²) in [5, 5.41) is 12.3. The van der Waals surface area contributed by atoms with Gasteiger partial charge in [-0.3, -0.25) is 4.79 Å². The molecule has 0 amide bonds. The SMILES string of the molecule is CCC(CNc1c(C)cc(C)c(C)c1OC)C(=O)O. The maximum absolute atomic E-state index is 11.0. The second-order valence-electron chi connectivity index (χ2n) is 4.87. The number of aliphatic carboxylic acids is 1. The first-order valence-electron chi connectivity index (χ1n) is 6.53. The van der Waals surface area contributed by atoms with Crippen molar-refractivity contribution in [2.75, 3.05) is 19.0 Å². The highest BCUT2D eigenvalue weighted by Gasteiger charge is 2.17. The summed E-state index contributed by atoms with van der Waals surface area (Å²) >= 11 is 0. The van der Waals surface area contributed by atoms with Crippen LogP contribution < -0.4 is 10.1 Å². The number of carboxylic acids is 1. The molecule has 0 radical (unpaired) electrons. The number of anilines is 1. The molecule has 0 heterocycles. The monoisotopic (exact) mass is 265 g/mol. The number of carboxylic acid groups (broad SMARTS) is 1. The number of aryl methyl sites for hydroxylation is 2. The van der Waals surface area contributed by atoms with Crippen LogP contribution in [0, 0.1) is 26.7 Å². The highest BCUT2D eigenvalue weighted by atomic mass is 16.5. The van der Waals surface area contributed by atoms with Crippen molar-refractivity contribution >= 4 is 11.7 Å². The molecule has 0 aliphatic rings. The minimum Gasteiger partial charge on any atom is -0.494 e. The molecule has 2 N–H and O–H groups in total. The lowest BCUT2D eigenvalue weighted by Crippen LogP contribution is -2.22. The second kappa shape index (κ2) is 6.45. The molecular formula is C15H23NO3. The van der Waals surface area contributed by atoms with Crippen molar-refractivity contribution in [3.8, 4) is 5.75 Å². The highest BCUT2D eigenvalue weighted by Crippen LogP contribution is 2.34. The van der Waals surface area contributed by atoms with E-state index in [-0.39, 0.29) is 5.92 Å². The Balaban J connectivity index is 3.01. The predicted molar refractivity (Wildman–Crippen MR) is 77.1 cm³/mol. The van der Waals surface area contributed by atoms with Crippen molar-refractivity contribution in [1.82, 2.24) is 0 Å². The zero-order valence-corrected chi connectivity index (χ0v) is 12.3. The Morgan fingerprint density at radius 2 is 2.00 bits per heavy atom. The van der Waals surface area contributed by atoms with E-state index in [9.17, 15) is 4.79 Å². The van der Waals surface area contributed by atoms with E-state index in [0.717, 1.165) is 22.6 Å². The van der Waals surface area contributed by atoms with Gasteiger partial charge >= 0.3 is 5.97 Å². The maximum atomic E-state index is 11.0. The van der Waals surface area contributed by atoms with Crippen molar-refractivity contribution in [3.63, 3.8) is 0 Å². The first-order chi connectivity index (χ1) is 8.92. The lowest BCUT2D eigenvalue weighted by Gasteiger charge is -2.19. The molecule has 1 aromatic rings. The molecule has 0 aliphatic heterocycles. The van der Waals surface area contributed by atoms with Gasteiger partial charge < -0.3 is 15.2 Å². The van der Waals surface area contributed by atoms with Gasteiger partial charge in [0.1, 0.15) is 5.75 Å². The molecule has 0 saturated carbocycles. The van der Waals surface area contributed by atoms with Gasteiger partial charge in [0.05, 0.1) is 18.7 Å². The van der Waals surface area contributed by atoms with Gasteiger partial charge in [-0.15, -0.1) is 0 Å². The first kappa shape index (κ1) is 15.3. The van der Waals surface area contributed by atoms with Gasteiger partial charge in [0.15, 0.2) is 0 Å². The van der Waals surface area contributed by atoms with E-state index in [2.05, 4.69) is 11.4 Å². The molecule has 0 bridgehead atoms. The molecule has 0 aliphatic carbocycles. The lowest BCUT2D eigenvalue weighted by atomic mass is 10.0. The van der Waals surface area contributed by atoms with Gasteiger partial charge in [-0.25, -0.2) is 0 Å². The van der Waals surface area contributed by atoms with Gasteiger partial charge in [0.25, 0.3) is 0 Å². The molecule has 0 fully saturated rings. The van der Waals surface area contributed by atoms with Crippen molar-refractivity contribution in [1.29, 1.82) is 0 Å². The molecule has 1 aromatic carbocycles. The van der Waals surface area contributed by atoms with Crippen molar-refractivity contribution < 1.29 is 14.6 Å².